The van der Waals surface area contributed by atoms with Gasteiger partial charge in [0.2, 0.25) is 0 Å². The van der Waals surface area contributed by atoms with Crippen LogP contribution in [0.5, 0.6) is 0 Å². The van der Waals surface area contributed by atoms with Gasteiger partial charge in [0, 0.05) is 19.0 Å². The Morgan fingerprint density at radius 2 is 1.95 bits per heavy atom. The summed E-state index contributed by atoms with van der Waals surface area (Å²) in [6.07, 6.45) is 0.461. The van der Waals surface area contributed by atoms with Gasteiger partial charge >= 0.3 is 6.09 Å². The van der Waals surface area contributed by atoms with E-state index >= 15 is 0 Å². The molecule has 1 fully saturated rings. The van der Waals surface area contributed by atoms with Crippen molar-refractivity contribution < 1.29 is 9.53 Å². The van der Waals surface area contributed by atoms with Gasteiger partial charge in [0.15, 0.2) is 0 Å². The number of likely N-dealkylation sites (tertiary alicyclic amines) is 1. The van der Waals surface area contributed by atoms with Crippen LogP contribution < -0.4 is 0 Å². The third kappa shape index (κ3) is 4.22. The van der Waals surface area contributed by atoms with Crippen LogP contribution in [0.4, 0.5) is 4.79 Å². The molecule has 1 aromatic rings. The highest BCUT2D eigenvalue weighted by atomic mass is 16.6. The number of amides is 1. The van der Waals surface area contributed by atoms with E-state index in [1.165, 1.54) is 5.56 Å². The monoisotopic (exact) mass is 286 g/mol. The fraction of sp³-hybridized carbons (Fsp3) is 0.529. The van der Waals surface area contributed by atoms with E-state index in [1.807, 2.05) is 39.0 Å². The summed E-state index contributed by atoms with van der Waals surface area (Å²) >= 11 is 0. The summed E-state index contributed by atoms with van der Waals surface area (Å²) in [6.45, 7) is 6.62. The van der Waals surface area contributed by atoms with Crippen LogP contribution >= 0.6 is 0 Å². The van der Waals surface area contributed by atoms with Crippen molar-refractivity contribution in [2.75, 3.05) is 13.1 Å². The summed E-state index contributed by atoms with van der Waals surface area (Å²) < 4.78 is 5.43. The van der Waals surface area contributed by atoms with Gasteiger partial charge in [-0.25, -0.2) is 4.79 Å². The zero-order valence-electron chi connectivity index (χ0n) is 12.9. The Bertz CT molecular complexity index is 528. The third-order valence-corrected chi connectivity index (χ3v) is 3.56. The summed E-state index contributed by atoms with van der Waals surface area (Å²) in [7, 11) is 0. The molecule has 1 aliphatic heterocycles. The third-order valence-electron chi connectivity index (χ3n) is 3.56. The van der Waals surface area contributed by atoms with E-state index in [4.69, 9.17) is 4.74 Å². The number of carbonyl (C=O) groups is 1. The molecule has 0 saturated carbocycles. The van der Waals surface area contributed by atoms with Crippen LogP contribution in [0.25, 0.3) is 0 Å². The number of carbonyl (C=O) groups excluding carboxylic acids is 1. The van der Waals surface area contributed by atoms with Crippen LogP contribution in [0.3, 0.4) is 0 Å². The minimum Gasteiger partial charge on any atom is -0.444 e. The van der Waals surface area contributed by atoms with Gasteiger partial charge in [-0.3, -0.25) is 0 Å². The van der Waals surface area contributed by atoms with Gasteiger partial charge < -0.3 is 9.64 Å². The number of hydrogen-bond acceptors (Lipinski definition) is 3. The van der Waals surface area contributed by atoms with Crippen molar-refractivity contribution in [1.82, 2.24) is 4.90 Å². The second kappa shape index (κ2) is 6.17. The molecule has 0 aliphatic carbocycles. The first-order valence-electron chi connectivity index (χ1n) is 7.31. The fourth-order valence-corrected chi connectivity index (χ4v) is 2.63. The lowest BCUT2D eigenvalue weighted by molar-refractivity contribution is 0.0168. The largest absolute Gasteiger partial charge is 0.444 e. The summed E-state index contributed by atoms with van der Waals surface area (Å²) in [5.74, 6) is 0.0496. The van der Waals surface area contributed by atoms with Crippen molar-refractivity contribution in [3.8, 4) is 6.07 Å². The number of nitrogens with zero attached hydrogens (tertiary/aromatic N) is 2. The topological polar surface area (TPSA) is 53.3 Å². The van der Waals surface area contributed by atoms with Crippen LogP contribution in [-0.2, 0) is 4.74 Å². The van der Waals surface area contributed by atoms with E-state index in [2.05, 4.69) is 18.2 Å². The molecule has 1 aromatic carbocycles. The minimum atomic E-state index is -0.515. The van der Waals surface area contributed by atoms with E-state index in [0.717, 1.165) is 6.42 Å². The first-order chi connectivity index (χ1) is 9.89. The molecule has 1 saturated heterocycles. The molecule has 1 aliphatic rings. The van der Waals surface area contributed by atoms with Gasteiger partial charge in [0.05, 0.1) is 12.0 Å². The van der Waals surface area contributed by atoms with E-state index in [-0.39, 0.29) is 17.9 Å². The molecule has 0 N–H and O–H groups in total. The van der Waals surface area contributed by atoms with Crippen LogP contribution in [0.2, 0.25) is 0 Å². The Kier molecular flexibility index (Phi) is 4.52. The summed E-state index contributed by atoms with van der Waals surface area (Å²) in [4.78, 5) is 13.9. The molecule has 4 nitrogen and oxygen atoms in total. The Morgan fingerprint density at radius 3 is 2.52 bits per heavy atom. The number of rotatable bonds is 1. The second-order valence-corrected chi connectivity index (χ2v) is 6.55. The highest BCUT2D eigenvalue weighted by molar-refractivity contribution is 5.68. The predicted molar refractivity (Wildman–Crippen MR) is 80.7 cm³/mol. The van der Waals surface area contributed by atoms with E-state index in [0.29, 0.717) is 13.1 Å². The quantitative estimate of drug-likeness (QED) is 0.793. The fourth-order valence-electron chi connectivity index (χ4n) is 2.63. The standard InChI is InChI=1S/C17H22N2O2/c1-17(2,3)21-16(20)19-11-13(10-18)9-15(12-19)14-7-5-4-6-8-14/h4-8,13,15H,9,11-12H2,1-3H3/t13-,15+/m1/s1. The van der Waals surface area contributed by atoms with Gasteiger partial charge in [-0.2, -0.15) is 5.26 Å². The molecule has 1 heterocycles. The number of benzene rings is 1. The Balaban J connectivity index is 2.13. The van der Waals surface area contributed by atoms with Crippen LogP contribution in [0.15, 0.2) is 30.3 Å². The first-order valence-corrected chi connectivity index (χ1v) is 7.31. The molecule has 0 aromatic heterocycles. The highest BCUT2D eigenvalue weighted by Gasteiger charge is 2.33. The number of piperidine rings is 1. The molecular formula is C17H22N2O2. The second-order valence-electron chi connectivity index (χ2n) is 6.55. The van der Waals surface area contributed by atoms with Crippen molar-refractivity contribution in [3.05, 3.63) is 35.9 Å². The molecule has 2 atom stereocenters. The average Bonchev–Trinajstić information content (AvgIpc) is 2.46. The molecule has 21 heavy (non-hydrogen) atoms. The van der Waals surface area contributed by atoms with E-state index in [1.54, 1.807) is 4.90 Å². The molecule has 0 radical (unpaired) electrons. The minimum absolute atomic E-state index is 0.142. The van der Waals surface area contributed by atoms with Crippen molar-refractivity contribution >= 4 is 6.09 Å². The first kappa shape index (κ1) is 15.4. The van der Waals surface area contributed by atoms with Gasteiger partial charge in [-0.1, -0.05) is 30.3 Å². The molecule has 1 amide bonds. The average molecular weight is 286 g/mol. The van der Waals surface area contributed by atoms with Gasteiger partial charge in [0.25, 0.3) is 0 Å². The summed E-state index contributed by atoms with van der Waals surface area (Å²) in [5.41, 5.74) is 0.657. The zero-order valence-corrected chi connectivity index (χ0v) is 12.9. The Labute approximate surface area is 126 Å². The molecule has 2 rings (SSSR count). The summed E-state index contributed by atoms with van der Waals surface area (Å²) in [6, 6.07) is 12.4. The SMILES string of the molecule is CC(C)(C)OC(=O)N1C[C@@H](C#N)C[C@H](c2ccccc2)C1. The van der Waals surface area contributed by atoms with Crippen LogP contribution in [0, 0.1) is 17.2 Å². The molecular weight excluding hydrogens is 264 g/mol. The maximum absolute atomic E-state index is 12.2. The van der Waals surface area contributed by atoms with Crippen molar-refractivity contribution in [2.24, 2.45) is 5.92 Å². The molecule has 0 unspecified atom stereocenters. The van der Waals surface area contributed by atoms with Gasteiger partial charge in [-0.05, 0) is 32.8 Å². The lowest BCUT2D eigenvalue weighted by atomic mass is 9.85. The maximum atomic E-state index is 12.2. The van der Waals surface area contributed by atoms with Gasteiger partial charge in [0.1, 0.15) is 5.60 Å². The van der Waals surface area contributed by atoms with Crippen molar-refractivity contribution in [3.63, 3.8) is 0 Å². The maximum Gasteiger partial charge on any atom is 0.410 e. The van der Waals surface area contributed by atoms with Crippen molar-refractivity contribution in [2.45, 2.75) is 38.7 Å². The predicted octanol–water partition coefficient (Wildman–Crippen LogP) is 3.55. The number of nitriles is 1. The highest BCUT2D eigenvalue weighted by Crippen LogP contribution is 2.30. The molecule has 4 heteroatoms. The Hall–Kier alpha value is -2.02. The number of hydrogen-bond donors (Lipinski definition) is 0. The lowest BCUT2D eigenvalue weighted by Crippen LogP contribution is -2.45. The summed E-state index contributed by atoms with van der Waals surface area (Å²) in [5, 5.41) is 9.26. The van der Waals surface area contributed by atoms with Crippen LogP contribution in [-0.4, -0.2) is 29.7 Å². The number of ether oxygens (including phenoxy) is 1. The van der Waals surface area contributed by atoms with Crippen molar-refractivity contribution in [1.29, 1.82) is 5.26 Å². The molecule has 0 bridgehead atoms. The zero-order chi connectivity index (χ0) is 15.5. The smallest absolute Gasteiger partial charge is 0.410 e. The normalized spacial score (nSPS) is 22.5. The van der Waals surface area contributed by atoms with E-state index in [9.17, 15) is 10.1 Å². The van der Waals surface area contributed by atoms with Crippen LogP contribution in [0.1, 0.15) is 38.7 Å². The van der Waals surface area contributed by atoms with E-state index < -0.39 is 5.60 Å². The Morgan fingerprint density at radius 1 is 1.29 bits per heavy atom. The molecule has 112 valence electrons. The molecule has 0 spiro atoms. The van der Waals surface area contributed by atoms with Gasteiger partial charge in [-0.15, -0.1) is 0 Å². The lowest BCUT2D eigenvalue weighted by Gasteiger charge is -2.36.